The van der Waals surface area contributed by atoms with Crippen molar-refractivity contribution in [2.45, 2.75) is 38.6 Å². The molecular weight excluding hydrogens is 329 g/mol. The van der Waals surface area contributed by atoms with Crippen LogP contribution in [0.4, 0.5) is 4.39 Å². The number of nitrogens with zero attached hydrogens (tertiary/aromatic N) is 2. The summed E-state index contributed by atoms with van der Waals surface area (Å²) in [5.41, 5.74) is 1.44. The van der Waals surface area contributed by atoms with Crippen molar-refractivity contribution >= 4 is 5.91 Å². The minimum absolute atomic E-state index is 0.105. The zero-order valence-corrected chi connectivity index (χ0v) is 15.6. The summed E-state index contributed by atoms with van der Waals surface area (Å²) in [4.78, 5) is 17.5. The minimum atomic E-state index is -0.184. The van der Waals surface area contributed by atoms with Crippen LogP contribution >= 0.6 is 0 Å². The van der Waals surface area contributed by atoms with Gasteiger partial charge in [-0.05, 0) is 68.3 Å². The fourth-order valence-electron chi connectivity index (χ4n) is 4.98. The number of carbonyl (C=O) groups is 1. The highest BCUT2D eigenvalue weighted by Crippen LogP contribution is 2.37. The third-order valence-corrected chi connectivity index (χ3v) is 6.62. The Labute approximate surface area is 155 Å². The maximum Gasteiger partial charge on any atom is 0.226 e. The number of benzene rings is 1. The molecule has 3 aliphatic rings. The fraction of sp³-hybridized carbons (Fsp3) is 0.667. The van der Waals surface area contributed by atoms with E-state index in [1.807, 2.05) is 6.07 Å². The van der Waals surface area contributed by atoms with Crippen molar-refractivity contribution < 1.29 is 9.18 Å². The first kappa shape index (κ1) is 17.9. The second-order valence-electron chi connectivity index (χ2n) is 8.46. The molecule has 0 radical (unpaired) electrons. The number of nitrogens with one attached hydrogen (secondary N) is 1. The first-order valence-corrected chi connectivity index (χ1v) is 10.1. The first-order chi connectivity index (χ1) is 12.6. The predicted molar refractivity (Wildman–Crippen MR) is 100 cm³/mol. The molecule has 1 N–H and O–H groups in total. The van der Waals surface area contributed by atoms with Crippen molar-refractivity contribution in [1.29, 1.82) is 0 Å². The average molecular weight is 359 g/mol. The van der Waals surface area contributed by atoms with E-state index in [4.69, 9.17) is 0 Å². The van der Waals surface area contributed by atoms with Gasteiger partial charge in [0.2, 0.25) is 5.91 Å². The lowest BCUT2D eigenvalue weighted by molar-refractivity contribution is -0.139. The lowest BCUT2D eigenvalue weighted by Gasteiger charge is -2.41. The van der Waals surface area contributed by atoms with Gasteiger partial charge in [-0.25, -0.2) is 4.39 Å². The topological polar surface area (TPSA) is 35.6 Å². The number of rotatable bonds is 3. The van der Waals surface area contributed by atoms with E-state index in [0.29, 0.717) is 11.3 Å². The van der Waals surface area contributed by atoms with Crippen LogP contribution in [-0.4, -0.2) is 55.0 Å². The smallest absolute Gasteiger partial charge is 0.226 e. The number of piperidine rings is 2. The third kappa shape index (κ3) is 3.94. The molecule has 0 aromatic heterocycles. The van der Waals surface area contributed by atoms with Gasteiger partial charge in [0.05, 0.1) is 5.92 Å². The summed E-state index contributed by atoms with van der Waals surface area (Å²) in [6.07, 6.45) is 5.59. The largest absolute Gasteiger partial charge is 0.342 e. The quantitative estimate of drug-likeness (QED) is 0.901. The second-order valence-corrected chi connectivity index (χ2v) is 8.46. The van der Waals surface area contributed by atoms with Crippen molar-refractivity contribution in [2.75, 3.05) is 39.3 Å². The van der Waals surface area contributed by atoms with Gasteiger partial charge in [-0.2, -0.15) is 0 Å². The Morgan fingerprint density at radius 2 is 2.08 bits per heavy atom. The van der Waals surface area contributed by atoms with E-state index in [0.717, 1.165) is 77.1 Å². The van der Waals surface area contributed by atoms with Gasteiger partial charge in [0.25, 0.3) is 0 Å². The summed E-state index contributed by atoms with van der Waals surface area (Å²) >= 11 is 0. The summed E-state index contributed by atoms with van der Waals surface area (Å²) in [5.74, 6) is 0.263. The Balaban J connectivity index is 1.32. The van der Waals surface area contributed by atoms with E-state index in [9.17, 15) is 9.18 Å². The Hall–Kier alpha value is -1.46. The Kier molecular flexibility index (Phi) is 5.28. The molecule has 1 spiro atoms. The number of hydrogen-bond donors (Lipinski definition) is 1. The van der Waals surface area contributed by atoms with Crippen molar-refractivity contribution in [1.82, 2.24) is 15.1 Å². The molecule has 0 saturated carbocycles. The summed E-state index contributed by atoms with van der Waals surface area (Å²) in [5, 5.41) is 3.49. The molecule has 26 heavy (non-hydrogen) atoms. The lowest BCUT2D eigenvalue weighted by Crippen LogP contribution is -2.49. The molecule has 5 heteroatoms. The maximum absolute atomic E-state index is 13.4. The summed E-state index contributed by atoms with van der Waals surface area (Å²) in [6, 6.07) is 6.81. The van der Waals surface area contributed by atoms with Gasteiger partial charge in [-0.15, -0.1) is 0 Å². The maximum atomic E-state index is 13.4. The number of hydrogen-bond acceptors (Lipinski definition) is 3. The van der Waals surface area contributed by atoms with Crippen molar-refractivity contribution in [2.24, 2.45) is 11.3 Å². The molecule has 3 aliphatic heterocycles. The van der Waals surface area contributed by atoms with E-state index < -0.39 is 0 Å². The molecule has 1 atom stereocenters. The predicted octanol–water partition coefficient (Wildman–Crippen LogP) is 2.64. The van der Waals surface area contributed by atoms with Crippen LogP contribution in [0, 0.1) is 17.2 Å². The molecule has 1 aromatic carbocycles. The average Bonchev–Trinajstić information content (AvgIpc) is 3.10. The molecule has 3 saturated heterocycles. The molecule has 3 heterocycles. The fourth-order valence-corrected chi connectivity index (χ4v) is 4.98. The summed E-state index contributed by atoms with van der Waals surface area (Å²) in [7, 11) is 0. The lowest BCUT2D eigenvalue weighted by atomic mass is 9.77. The van der Waals surface area contributed by atoms with Crippen LogP contribution in [0.25, 0.3) is 0 Å². The van der Waals surface area contributed by atoms with Gasteiger partial charge < -0.3 is 10.2 Å². The van der Waals surface area contributed by atoms with Crippen LogP contribution in [0.15, 0.2) is 24.3 Å². The van der Waals surface area contributed by atoms with E-state index in [-0.39, 0.29) is 11.7 Å². The molecule has 1 aromatic rings. The van der Waals surface area contributed by atoms with Crippen molar-refractivity contribution in [3.8, 4) is 0 Å². The van der Waals surface area contributed by atoms with Crippen LogP contribution in [0.3, 0.4) is 0 Å². The highest BCUT2D eigenvalue weighted by atomic mass is 19.1. The zero-order valence-electron chi connectivity index (χ0n) is 15.6. The van der Waals surface area contributed by atoms with Crippen molar-refractivity contribution in [3.63, 3.8) is 0 Å². The first-order valence-electron chi connectivity index (χ1n) is 10.1. The van der Waals surface area contributed by atoms with Gasteiger partial charge in [0.15, 0.2) is 0 Å². The van der Waals surface area contributed by atoms with Gasteiger partial charge in [0.1, 0.15) is 5.82 Å². The van der Waals surface area contributed by atoms with E-state index >= 15 is 0 Å². The number of carbonyl (C=O) groups excluding carboxylic acids is 1. The van der Waals surface area contributed by atoms with Gasteiger partial charge in [-0.1, -0.05) is 12.1 Å². The molecule has 1 amide bonds. The SMILES string of the molecule is O=C(C1CCCN(Cc2cccc(F)c2)C1)N1CCC2(CCNC2)CC1. The third-order valence-electron chi connectivity index (χ3n) is 6.62. The van der Waals surface area contributed by atoms with E-state index in [1.165, 1.54) is 12.5 Å². The number of likely N-dealkylation sites (tertiary alicyclic amines) is 2. The van der Waals surface area contributed by atoms with Gasteiger partial charge in [0, 0.05) is 32.7 Å². The Morgan fingerprint density at radius 1 is 1.23 bits per heavy atom. The van der Waals surface area contributed by atoms with Crippen LogP contribution in [0.5, 0.6) is 0 Å². The normalized spacial score (nSPS) is 26.3. The number of amides is 1. The second kappa shape index (κ2) is 7.65. The van der Waals surface area contributed by atoms with E-state index in [2.05, 4.69) is 15.1 Å². The van der Waals surface area contributed by atoms with Gasteiger partial charge >= 0.3 is 0 Å². The van der Waals surface area contributed by atoms with Crippen LogP contribution in [-0.2, 0) is 11.3 Å². The van der Waals surface area contributed by atoms with Gasteiger partial charge in [-0.3, -0.25) is 9.69 Å². The van der Waals surface area contributed by atoms with Crippen LogP contribution < -0.4 is 5.32 Å². The van der Waals surface area contributed by atoms with Crippen LogP contribution in [0.1, 0.15) is 37.7 Å². The molecule has 1 unspecified atom stereocenters. The van der Waals surface area contributed by atoms with Crippen LogP contribution in [0.2, 0.25) is 0 Å². The standard InChI is InChI=1S/C21H30FN3O/c22-19-5-1-3-17(13-19)14-24-10-2-4-18(15-24)20(26)25-11-7-21(8-12-25)6-9-23-16-21/h1,3,5,13,18,23H,2,4,6-12,14-16H2. The summed E-state index contributed by atoms with van der Waals surface area (Å²) in [6.45, 7) is 6.62. The highest BCUT2D eigenvalue weighted by Gasteiger charge is 2.39. The van der Waals surface area contributed by atoms with Crippen molar-refractivity contribution in [3.05, 3.63) is 35.6 Å². The molecule has 0 aliphatic carbocycles. The highest BCUT2D eigenvalue weighted by molar-refractivity contribution is 5.79. The molecule has 0 bridgehead atoms. The molecule has 142 valence electrons. The molecule has 3 fully saturated rings. The molecular formula is C21H30FN3O. The zero-order chi connectivity index (χ0) is 18.0. The molecule has 4 nitrogen and oxygen atoms in total. The molecule has 4 rings (SSSR count). The Morgan fingerprint density at radius 3 is 2.81 bits per heavy atom. The minimum Gasteiger partial charge on any atom is -0.342 e. The Bertz CT molecular complexity index is 634. The monoisotopic (exact) mass is 359 g/mol. The van der Waals surface area contributed by atoms with E-state index in [1.54, 1.807) is 12.1 Å². The summed E-state index contributed by atoms with van der Waals surface area (Å²) < 4.78 is 13.4. The number of halogens is 1.